The molecule has 1 aliphatic rings. The fraction of sp³-hybridized carbons (Fsp3) is 0.107. The molecule has 1 aliphatic heterocycles. The number of benzene rings is 3. The SMILES string of the molecule is Cc1cccc(COc2ccc(/C(O)=C3\C(=O)C(=O)N(c4nccs4)[C@H]3c3ccc(F)cc3)cc2)c1. The molecular formula is C28H21FN2O4S. The van der Waals surface area contributed by atoms with Crippen LogP contribution in [-0.2, 0) is 16.2 Å². The predicted molar refractivity (Wildman–Crippen MR) is 135 cm³/mol. The molecule has 0 radical (unpaired) electrons. The van der Waals surface area contributed by atoms with Gasteiger partial charge in [-0.1, -0.05) is 42.0 Å². The highest BCUT2D eigenvalue weighted by Gasteiger charge is 2.47. The molecule has 1 fully saturated rings. The maximum Gasteiger partial charge on any atom is 0.301 e. The van der Waals surface area contributed by atoms with Crippen LogP contribution < -0.4 is 9.64 Å². The predicted octanol–water partition coefficient (Wildman–Crippen LogP) is 5.80. The first-order valence-corrected chi connectivity index (χ1v) is 12.0. The fourth-order valence-corrected chi connectivity index (χ4v) is 4.83. The first kappa shape index (κ1) is 23.4. The van der Waals surface area contributed by atoms with Gasteiger partial charge in [0, 0.05) is 17.1 Å². The van der Waals surface area contributed by atoms with E-state index in [9.17, 15) is 19.1 Å². The molecule has 6 nitrogen and oxygen atoms in total. The maximum atomic E-state index is 13.6. The van der Waals surface area contributed by atoms with E-state index in [0.29, 0.717) is 28.6 Å². The van der Waals surface area contributed by atoms with Crippen molar-refractivity contribution in [2.75, 3.05) is 4.90 Å². The lowest BCUT2D eigenvalue weighted by atomic mass is 9.95. The molecular weight excluding hydrogens is 479 g/mol. The summed E-state index contributed by atoms with van der Waals surface area (Å²) in [6.07, 6.45) is 1.52. The van der Waals surface area contributed by atoms with Gasteiger partial charge in [-0.2, -0.15) is 0 Å². The van der Waals surface area contributed by atoms with E-state index < -0.39 is 23.5 Å². The van der Waals surface area contributed by atoms with Crippen LogP contribution in [0, 0.1) is 12.7 Å². The Morgan fingerprint density at radius 2 is 1.83 bits per heavy atom. The van der Waals surface area contributed by atoms with Gasteiger partial charge < -0.3 is 9.84 Å². The van der Waals surface area contributed by atoms with Gasteiger partial charge >= 0.3 is 5.91 Å². The number of aliphatic hydroxyl groups is 1. The molecule has 1 N–H and O–H groups in total. The van der Waals surface area contributed by atoms with Crippen LogP contribution in [0.15, 0.2) is 89.9 Å². The summed E-state index contributed by atoms with van der Waals surface area (Å²) in [4.78, 5) is 31.5. The lowest BCUT2D eigenvalue weighted by Crippen LogP contribution is -2.29. The Bertz CT molecular complexity index is 1450. The zero-order valence-electron chi connectivity index (χ0n) is 19.2. The number of amides is 1. The van der Waals surface area contributed by atoms with E-state index in [1.165, 1.54) is 46.7 Å². The van der Waals surface area contributed by atoms with Crippen LogP contribution in [0.5, 0.6) is 5.75 Å². The quantitative estimate of drug-likeness (QED) is 0.206. The summed E-state index contributed by atoms with van der Waals surface area (Å²) in [6, 6.07) is 19.1. The largest absolute Gasteiger partial charge is 0.507 e. The van der Waals surface area contributed by atoms with Gasteiger partial charge in [-0.05, 0) is 54.4 Å². The van der Waals surface area contributed by atoms with E-state index in [-0.39, 0.29) is 11.3 Å². The van der Waals surface area contributed by atoms with Crippen molar-refractivity contribution in [1.29, 1.82) is 0 Å². The van der Waals surface area contributed by atoms with Gasteiger partial charge in [0.15, 0.2) is 5.13 Å². The topological polar surface area (TPSA) is 79.7 Å². The summed E-state index contributed by atoms with van der Waals surface area (Å²) in [5.74, 6) is -1.83. The zero-order chi connectivity index (χ0) is 25.2. The molecule has 2 heterocycles. The third-order valence-electron chi connectivity index (χ3n) is 5.87. The molecule has 180 valence electrons. The van der Waals surface area contributed by atoms with Crippen LogP contribution in [0.25, 0.3) is 5.76 Å². The molecule has 1 aromatic heterocycles. The van der Waals surface area contributed by atoms with Crippen molar-refractivity contribution in [3.63, 3.8) is 0 Å². The van der Waals surface area contributed by atoms with Gasteiger partial charge in [0.25, 0.3) is 5.78 Å². The van der Waals surface area contributed by atoms with Crippen molar-refractivity contribution in [3.8, 4) is 5.75 Å². The van der Waals surface area contributed by atoms with Crippen LogP contribution in [0.2, 0.25) is 0 Å². The molecule has 1 saturated heterocycles. The number of ether oxygens (including phenoxy) is 1. The number of carbonyl (C=O) groups excluding carboxylic acids is 2. The van der Waals surface area contributed by atoms with Crippen LogP contribution in [-0.4, -0.2) is 21.8 Å². The number of halogens is 1. The lowest BCUT2D eigenvalue weighted by Gasteiger charge is -2.23. The molecule has 0 spiro atoms. The Balaban J connectivity index is 1.48. The number of carbonyl (C=O) groups is 2. The van der Waals surface area contributed by atoms with E-state index in [4.69, 9.17) is 4.74 Å². The summed E-state index contributed by atoms with van der Waals surface area (Å²) < 4.78 is 19.5. The minimum atomic E-state index is -0.950. The number of anilines is 1. The number of hydrogen-bond acceptors (Lipinski definition) is 6. The van der Waals surface area contributed by atoms with E-state index in [2.05, 4.69) is 4.98 Å². The Labute approximate surface area is 210 Å². The summed E-state index contributed by atoms with van der Waals surface area (Å²) in [7, 11) is 0. The zero-order valence-corrected chi connectivity index (χ0v) is 20.0. The Hall–Kier alpha value is -4.30. The molecule has 3 aromatic carbocycles. The average molecular weight is 501 g/mol. The van der Waals surface area contributed by atoms with Gasteiger partial charge in [-0.3, -0.25) is 14.5 Å². The van der Waals surface area contributed by atoms with Crippen molar-refractivity contribution in [2.24, 2.45) is 0 Å². The molecule has 1 amide bonds. The summed E-state index contributed by atoms with van der Waals surface area (Å²) in [6.45, 7) is 2.40. The average Bonchev–Trinajstić information content (AvgIpc) is 3.50. The highest BCUT2D eigenvalue weighted by atomic mass is 32.1. The lowest BCUT2D eigenvalue weighted by molar-refractivity contribution is -0.132. The van der Waals surface area contributed by atoms with Gasteiger partial charge in [-0.15, -0.1) is 11.3 Å². The maximum absolute atomic E-state index is 13.6. The smallest absolute Gasteiger partial charge is 0.301 e. The fourth-order valence-electron chi connectivity index (χ4n) is 4.16. The molecule has 0 aliphatic carbocycles. The van der Waals surface area contributed by atoms with E-state index >= 15 is 0 Å². The number of aromatic nitrogens is 1. The van der Waals surface area contributed by atoms with Crippen molar-refractivity contribution >= 4 is 33.9 Å². The number of nitrogens with zero attached hydrogens (tertiary/aromatic N) is 2. The van der Waals surface area contributed by atoms with Crippen molar-refractivity contribution in [3.05, 3.63) is 118 Å². The van der Waals surface area contributed by atoms with Crippen molar-refractivity contribution < 1.29 is 23.8 Å². The number of aliphatic hydroxyl groups excluding tert-OH is 1. The normalized spacial score (nSPS) is 16.9. The third kappa shape index (κ3) is 4.50. The summed E-state index contributed by atoms with van der Waals surface area (Å²) >= 11 is 1.19. The summed E-state index contributed by atoms with van der Waals surface area (Å²) in [5.41, 5.74) is 2.91. The van der Waals surface area contributed by atoms with E-state index in [1.54, 1.807) is 29.6 Å². The molecule has 0 bridgehead atoms. The summed E-state index contributed by atoms with van der Waals surface area (Å²) in [5, 5.41) is 13.2. The Kier molecular flexibility index (Phi) is 6.35. The highest BCUT2D eigenvalue weighted by Crippen LogP contribution is 2.42. The van der Waals surface area contributed by atoms with E-state index in [0.717, 1.165) is 11.1 Å². The van der Waals surface area contributed by atoms with Crippen LogP contribution in [0.3, 0.4) is 0 Å². The van der Waals surface area contributed by atoms with Gasteiger partial charge in [0.05, 0.1) is 11.6 Å². The molecule has 0 saturated carbocycles. The minimum Gasteiger partial charge on any atom is -0.507 e. The first-order chi connectivity index (χ1) is 17.4. The molecule has 36 heavy (non-hydrogen) atoms. The number of thiazole rings is 1. The van der Waals surface area contributed by atoms with Crippen molar-refractivity contribution in [2.45, 2.75) is 19.6 Å². The van der Waals surface area contributed by atoms with Crippen molar-refractivity contribution in [1.82, 2.24) is 4.98 Å². The molecule has 5 rings (SSSR count). The minimum absolute atomic E-state index is 0.0877. The number of hydrogen-bond donors (Lipinski definition) is 1. The molecule has 1 atom stereocenters. The molecule has 8 heteroatoms. The van der Waals surface area contributed by atoms with E-state index in [1.807, 2.05) is 31.2 Å². The molecule has 0 unspecified atom stereocenters. The Morgan fingerprint density at radius 1 is 1.08 bits per heavy atom. The number of aryl methyl sites for hydroxylation is 1. The van der Waals surface area contributed by atoms with Gasteiger partial charge in [0.2, 0.25) is 0 Å². The second kappa shape index (κ2) is 9.75. The first-order valence-electron chi connectivity index (χ1n) is 11.2. The van der Waals surface area contributed by atoms with Crippen LogP contribution >= 0.6 is 11.3 Å². The van der Waals surface area contributed by atoms with Crippen LogP contribution in [0.4, 0.5) is 9.52 Å². The third-order valence-corrected chi connectivity index (χ3v) is 6.64. The van der Waals surface area contributed by atoms with Gasteiger partial charge in [0.1, 0.15) is 23.9 Å². The number of ketones is 1. The number of Topliss-reactive ketones (excluding diaryl/α,β-unsaturated/α-hetero) is 1. The van der Waals surface area contributed by atoms with Gasteiger partial charge in [-0.25, -0.2) is 9.37 Å². The van der Waals surface area contributed by atoms with Crippen LogP contribution in [0.1, 0.15) is 28.3 Å². The molecule has 4 aromatic rings. The Morgan fingerprint density at radius 3 is 2.50 bits per heavy atom. The second-order valence-electron chi connectivity index (χ2n) is 8.34. The standard InChI is InChI=1S/C28H21FN2O4S/c1-17-3-2-4-18(15-17)16-35-22-11-7-20(8-12-22)25(32)23-24(19-5-9-21(29)10-6-19)31(27(34)26(23)33)28-30-13-14-36-28/h2-15,24,32H,16H2,1H3/b25-23+/t24-/m0/s1. The monoisotopic (exact) mass is 500 g/mol. The number of rotatable bonds is 6. The highest BCUT2D eigenvalue weighted by molar-refractivity contribution is 7.14. The second-order valence-corrected chi connectivity index (χ2v) is 9.21.